The Morgan fingerprint density at radius 3 is 2.19 bits per heavy atom. The van der Waals surface area contributed by atoms with Gasteiger partial charge in [0.2, 0.25) is 0 Å². The molecule has 0 saturated heterocycles. The monoisotopic (exact) mass is 251 g/mol. The van der Waals surface area contributed by atoms with E-state index in [1.165, 1.54) is 12.1 Å². The summed E-state index contributed by atoms with van der Waals surface area (Å²) >= 11 is 0. The van der Waals surface area contributed by atoms with Crippen LogP contribution in [0.15, 0.2) is 24.3 Å². The second-order valence-corrected chi connectivity index (χ2v) is 4.29. The molecule has 0 unspecified atom stereocenters. The van der Waals surface area contributed by atoms with Crippen molar-refractivity contribution in [3.05, 3.63) is 30.1 Å². The highest BCUT2D eigenvalue weighted by Gasteiger charge is 1.91. The predicted molar refractivity (Wildman–Crippen MR) is 58.4 cm³/mol. The maximum absolute atomic E-state index is 12.3. The fraction of sp³-hybridized carbons (Fsp3) is 0.333. The zero-order valence-corrected chi connectivity index (χ0v) is 9.58. The van der Waals surface area contributed by atoms with Gasteiger partial charge in [0.1, 0.15) is 18.2 Å². The Morgan fingerprint density at radius 2 is 1.81 bits per heavy atom. The van der Waals surface area contributed by atoms with Gasteiger partial charge in [0, 0.05) is 6.54 Å². The van der Waals surface area contributed by atoms with Crippen molar-refractivity contribution >= 4 is 10.1 Å². The van der Waals surface area contributed by atoms with Crippen LogP contribution in [0.25, 0.3) is 0 Å². The zero-order valence-electron chi connectivity index (χ0n) is 8.76. The van der Waals surface area contributed by atoms with E-state index in [0.717, 1.165) is 0 Å². The summed E-state index contributed by atoms with van der Waals surface area (Å²) in [6, 6.07) is 5.85. The summed E-state index contributed by atoms with van der Waals surface area (Å²) in [5.41, 5.74) is 5.21. The predicted octanol–water partition coefficient (Wildman–Crippen LogP) is 0.667. The SMILES string of the molecule is CS(=O)(=O)O.NCCOc1ccc(F)cc1. The van der Waals surface area contributed by atoms with E-state index in [9.17, 15) is 12.8 Å². The van der Waals surface area contributed by atoms with Crippen LogP contribution in [0.1, 0.15) is 0 Å². The van der Waals surface area contributed by atoms with Crippen LogP contribution in [0.5, 0.6) is 5.75 Å². The first-order valence-electron chi connectivity index (χ1n) is 4.34. The first-order chi connectivity index (χ1) is 7.33. The summed E-state index contributed by atoms with van der Waals surface area (Å²) in [6.45, 7) is 0.934. The van der Waals surface area contributed by atoms with Crippen molar-refractivity contribution < 1.29 is 22.1 Å². The van der Waals surface area contributed by atoms with Crippen LogP contribution < -0.4 is 10.5 Å². The van der Waals surface area contributed by atoms with E-state index in [-0.39, 0.29) is 5.82 Å². The molecule has 0 radical (unpaired) electrons. The van der Waals surface area contributed by atoms with E-state index in [2.05, 4.69) is 0 Å². The lowest BCUT2D eigenvalue weighted by molar-refractivity contribution is 0.328. The van der Waals surface area contributed by atoms with Gasteiger partial charge in [-0.25, -0.2) is 4.39 Å². The molecule has 0 heterocycles. The van der Waals surface area contributed by atoms with Gasteiger partial charge in [-0.05, 0) is 24.3 Å². The lowest BCUT2D eigenvalue weighted by Gasteiger charge is -2.02. The highest BCUT2D eigenvalue weighted by atomic mass is 32.2. The van der Waals surface area contributed by atoms with Gasteiger partial charge in [-0.3, -0.25) is 4.55 Å². The van der Waals surface area contributed by atoms with Gasteiger partial charge < -0.3 is 10.5 Å². The largest absolute Gasteiger partial charge is 0.492 e. The van der Waals surface area contributed by atoms with Crippen molar-refractivity contribution in [2.75, 3.05) is 19.4 Å². The molecule has 0 aromatic heterocycles. The number of benzene rings is 1. The molecule has 0 aliphatic heterocycles. The van der Waals surface area contributed by atoms with E-state index in [0.29, 0.717) is 25.2 Å². The van der Waals surface area contributed by atoms with E-state index in [1.54, 1.807) is 12.1 Å². The Balaban J connectivity index is 0.000000385. The van der Waals surface area contributed by atoms with Gasteiger partial charge in [0.15, 0.2) is 0 Å². The Kier molecular flexibility index (Phi) is 6.63. The van der Waals surface area contributed by atoms with Crippen LogP contribution in [0, 0.1) is 5.82 Å². The maximum atomic E-state index is 12.3. The number of halogens is 1. The third-order valence-electron chi connectivity index (χ3n) is 1.20. The summed E-state index contributed by atoms with van der Waals surface area (Å²) in [5, 5.41) is 0. The summed E-state index contributed by atoms with van der Waals surface area (Å²) < 4.78 is 43.3. The zero-order chi connectivity index (χ0) is 12.6. The minimum Gasteiger partial charge on any atom is -0.492 e. The summed E-state index contributed by atoms with van der Waals surface area (Å²) in [6.07, 6.45) is 0.715. The van der Waals surface area contributed by atoms with Gasteiger partial charge in [0.25, 0.3) is 10.1 Å². The quantitative estimate of drug-likeness (QED) is 0.770. The molecule has 0 bridgehead atoms. The van der Waals surface area contributed by atoms with Gasteiger partial charge in [-0.2, -0.15) is 8.42 Å². The second-order valence-electron chi connectivity index (χ2n) is 2.82. The molecule has 1 aromatic carbocycles. The number of ether oxygens (including phenoxy) is 1. The maximum Gasteiger partial charge on any atom is 0.261 e. The summed E-state index contributed by atoms with van der Waals surface area (Å²) in [4.78, 5) is 0. The third kappa shape index (κ3) is 10.9. The highest BCUT2D eigenvalue weighted by Crippen LogP contribution is 2.10. The van der Waals surface area contributed by atoms with E-state index in [1.807, 2.05) is 0 Å². The molecule has 0 atom stereocenters. The lowest BCUT2D eigenvalue weighted by atomic mass is 10.3. The topological polar surface area (TPSA) is 89.6 Å². The molecule has 0 aliphatic rings. The Bertz CT molecular complexity index is 382. The fourth-order valence-corrected chi connectivity index (χ4v) is 0.708. The van der Waals surface area contributed by atoms with E-state index >= 15 is 0 Å². The van der Waals surface area contributed by atoms with Crippen LogP contribution in [0.3, 0.4) is 0 Å². The Hall–Kier alpha value is -1.18. The first kappa shape index (κ1) is 14.8. The Morgan fingerprint density at radius 1 is 1.38 bits per heavy atom. The van der Waals surface area contributed by atoms with Crippen molar-refractivity contribution in [1.82, 2.24) is 0 Å². The molecule has 0 aliphatic carbocycles. The van der Waals surface area contributed by atoms with Crippen molar-refractivity contribution in [2.45, 2.75) is 0 Å². The molecule has 16 heavy (non-hydrogen) atoms. The van der Waals surface area contributed by atoms with Crippen molar-refractivity contribution in [3.8, 4) is 5.75 Å². The normalized spacial score (nSPS) is 10.2. The second kappa shape index (κ2) is 7.15. The van der Waals surface area contributed by atoms with E-state index in [4.69, 9.17) is 15.0 Å². The Labute approximate surface area is 93.8 Å². The van der Waals surface area contributed by atoms with Crippen LogP contribution >= 0.6 is 0 Å². The number of rotatable bonds is 3. The molecule has 0 spiro atoms. The average Bonchev–Trinajstić information content (AvgIpc) is 2.14. The number of hydrogen-bond donors (Lipinski definition) is 2. The van der Waals surface area contributed by atoms with Gasteiger partial charge >= 0.3 is 0 Å². The van der Waals surface area contributed by atoms with Crippen molar-refractivity contribution in [2.24, 2.45) is 5.73 Å². The van der Waals surface area contributed by atoms with Crippen molar-refractivity contribution in [3.63, 3.8) is 0 Å². The molecular formula is C9H14FNO4S. The molecule has 0 amide bonds. The number of hydrogen-bond acceptors (Lipinski definition) is 4. The van der Waals surface area contributed by atoms with Crippen molar-refractivity contribution in [1.29, 1.82) is 0 Å². The molecule has 1 rings (SSSR count). The first-order valence-corrected chi connectivity index (χ1v) is 6.18. The summed E-state index contributed by atoms with van der Waals surface area (Å²) in [7, 11) is -3.67. The molecule has 1 aromatic rings. The third-order valence-corrected chi connectivity index (χ3v) is 1.20. The van der Waals surface area contributed by atoms with Crippen LogP contribution in [0.4, 0.5) is 4.39 Å². The smallest absolute Gasteiger partial charge is 0.261 e. The number of nitrogens with two attached hydrogens (primary N) is 1. The van der Waals surface area contributed by atoms with Crippen LogP contribution in [0.2, 0.25) is 0 Å². The van der Waals surface area contributed by atoms with Gasteiger partial charge in [-0.1, -0.05) is 0 Å². The average molecular weight is 251 g/mol. The fourth-order valence-electron chi connectivity index (χ4n) is 0.708. The molecule has 7 heteroatoms. The minimum atomic E-state index is -3.67. The molecule has 92 valence electrons. The molecule has 5 nitrogen and oxygen atoms in total. The highest BCUT2D eigenvalue weighted by molar-refractivity contribution is 7.85. The lowest BCUT2D eigenvalue weighted by Crippen LogP contribution is -2.10. The summed E-state index contributed by atoms with van der Waals surface area (Å²) in [5.74, 6) is 0.391. The van der Waals surface area contributed by atoms with Gasteiger partial charge in [0.05, 0.1) is 6.26 Å². The van der Waals surface area contributed by atoms with Crippen LogP contribution in [-0.4, -0.2) is 32.4 Å². The standard InChI is InChI=1S/C8H10FNO.CH4O3S/c9-7-1-3-8(4-2-7)11-6-5-10;1-5(2,3)4/h1-4H,5-6,10H2;1H3,(H,2,3,4). The van der Waals surface area contributed by atoms with Gasteiger partial charge in [-0.15, -0.1) is 0 Å². The van der Waals surface area contributed by atoms with E-state index < -0.39 is 10.1 Å². The molecule has 0 saturated carbocycles. The molecular weight excluding hydrogens is 237 g/mol. The molecule has 3 N–H and O–H groups in total. The van der Waals surface area contributed by atoms with Crippen LogP contribution in [-0.2, 0) is 10.1 Å². The molecule has 0 fully saturated rings. The minimum absolute atomic E-state index is 0.259.